The summed E-state index contributed by atoms with van der Waals surface area (Å²) in [5.74, 6) is 1.31. The van der Waals surface area contributed by atoms with Crippen molar-refractivity contribution in [2.24, 2.45) is 0 Å². The van der Waals surface area contributed by atoms with Crippen LogP contribution in [0.1, 0.15) is 34.5 Å². The second-order valence-electron chi connectivity index (χ2n) is 7.08. The fourth-order valence-corrected chi connectivity index (χ4v) is 3.37. The van der Waals surface area contributed by atoms with Crippen molar-refractivity contribution in [3.8, 4) is 5.75 Å². The maximum Gasteiger partial charge on any atom is 0.254 e. The molecule has 1 unspecified atom stereocenters. The maximum absolute atomic E-state index is 13.3. The summed E-state index contributed by atoms with van der Waals surface area (Å²) in [7, 11) is 0. The van der Waals surface area contributed by atoms with Gasteiger partial charge in [-0.15, -0.1) is 0 Å². The highest BCUT2D eigenvalue weighted by molar-refractivity contribution is 5.94. The minimum absolute atomic E-state index is 0.0900. The van der Waals surface area contributed by atoms with Crippen LogP contribution in [-0.2, 0) is 17.8 Å². The van der Waals surface area contributed by atoms with E-state index in [1.807, 2.05) is 36.4 Å². The maximum atomic E-state index is 13.3. The van der Waals surface area contributed by atoms with Crippen LogP contribution in [0.4, 0.5) is 0 Å². The van der Waals surface area contributed by atoms with Crippen LogP contribution in [0.15, 0.2) is 71.6 Å². The zero-order valence-electron chi connectivity index (χ0n) is 16.2. The molecule has 4 rings (SSSR count). The van der Waals surface area contributed by atoms with Crippen molar-refractivity contribution in [3.05, 3.63) is 84.1 Å². The smallest absolute Gasteiger partial charge is 0.254 e. The standard InChI is InChI=1S/C23H24N2O4/c26-23(19-6-1-7-20(13-19)29-17-22-9-4-12-28-22)25(16-21-8-3-11-27-21)15-18-5-2-10-24-14-18/h1-3,5-8,10-11,13-14,22H,4,9,12,15-17H2. The van der Waals surface area contributed by atoms with Crippen LogP contribution in [0.25, 0.3) is 0 Å². The molecule has 1 fully saturated rings. The summed E-state index contributed by atoms with van der Waals surface area (Å²) >= 11 is 0. The molecule has 0 N–H and O–H groups in total. The third-order valence-corrected chi connectivity index (χ3v) is 4.85. The largest absolute Gasteiger partial charge is 0.491 e. The van der Waals surface area contributed by atoms with Crippen molar-refractivity contribution in [1.82, 2.24) is 9.88 Å². The van der Waals surface area contributed by atoms with Crippen LogP contribution in [0.2, 0.25) is 0 Å². The minimum atomic E-state index is -0.0900. The van der Waals surface area contributed by atoms with Crippen LogP contribution in [0.5, 0.6) is 5.75 Å². The summed E-state index contributed by atoms with van der Waals surface area (Å²) in [5, 5.41) is 0. The molecule has 150 valence electrons. The Balaban J connectivity index is 1.49. The van der Waals surface area contributed by atoms with Crippen LogP contribution in [-0.4, -0.2) is 35.1 Å². The minimum Gasteiger partial charge on any atom is -0.491 e. The third kappa shape index (κ3) is 5.23. The zero-order valence-corrected chi connectivity index (χ0v) is 16.2. The van der Waals surface area contributed by atoms with Gasteiger partial charge in [0.15, 0.2) is 0 Å². The first kappa shape index (κ1) is 19.2. The van der Waals surface area contributed by atoms with Crippen molar-refractivity contribution < 1.29 is 18.7 Å². The Hall–Kier alpha value is -3.12. The molecule has 1 saturated heterocycles. The Kier molecular flexibility index (Phi) is 6.22. The molecule has 6 nitrogen and oxygen atoms in total. The van der Waals surface area contributed by atoms with E-state index in [0.29, 0.717) is 31.0 Å². The van der Waals surface area contributed by atoms with Gasteiger partial charge in [-0.05, 0) is 54.8 Å². The number of ether oxygens (including phenoxy) is 2. The number of carbonyl (C=O) groups is 1. The van der Waals surface area contributed by atoms with Crippen molar-refractivity contribution in [3.63, 3.8) is 0 Å². The van der Waals surface area contributed by atoms with E-state index in [0.717, 1.165) is 30.8 Å². The topological polar surface area (TPSA) is 64.8 Å². The number of benzene rings is 1. The quantitative estimate of drug-likeness (QED) is 0.578. The fourth-order valence-electron chi connectivity index (χ4n) is 3.37. The average Bonchev–Trinajstić information content (AvgIpc) is 3.46. The van der Waals surface area contributed by atoms with Crippen LogP contribution >= 0.6 is 0 Å². The molecule has 2 aromatic heterocycles. The van der Waals surface area contributed by atoms with E-state index in [1.165, 1.54) is 0 Å². The lowest BCUT2D eigenvalue weighted by atomic mass is 10.1. The van der Waals surface area contributed by atoms with Gasteiger partial charge in [-0.25, -0.2) is 0 Å². The van der Waals surface area contributed by atoms with Gasteiger partial charge in [-0.3, -0.25) is 9.78 Å². The van der Waals surface area contributed by atoms with E-state index < -0.39 is 0 Å². The number of pyridine rings is 1. The van der Waals surface area contributed by atoms with Gasteiger partial charge in [0.25, 0.3) is 5.91 Å². The Labute approximate surface area is 170 Å². The molecule has 1 aliphatic rings. The number of aromatic nitrogens is 1. The van der Waals surface area contributed by atoms with Crippen LogP contribution < -0.4 is 4.74 Å². The van der Waals surface area contributed by atoms with Gasteiger partial charge in [0, 0.05) is 31.1 Å². The predicted octanol–water partition coefficient (Wildman–Crippen LogP) is 4.08. The summed E-state index contributed by atoms with van der Waals surface area (Å²) < 4.78 is 16.9. The number of carbonyl (C=O) groups excluding carboxylic acids is 1. The van der Waals surface area contributed by atoms with Crippen LogP contribution in [0.3, 0.4) is 0 Å². The van der Waals surface area contributed by atoms with Gasteiger partial charge < -0.3 is 18.8 Å². The van der Waals surface area contributed by atoms with E-state index in [-0.39, 0.29) is 12.0 Å². The molecule has 0 bridgehead atoms. The molecule has 3 aromatic rings. The monoisotopic (exact) mass is 392 g/mol. The van der Waals surface area contributed by atoms with E-state index in [9.17, 15) is 4.79 Å². The zero-order chi connectivity index (χ0) is 19.9. The van der Waals surface area contributed by atoms with Gasteiger partial charge in [-0.2, -0.15) is 0 Å². The highest BCUT2D eigenvalue weighted by Crippen LogP contribution is 2.20. The normalized spacial score (nSPS) is 15.9. The molecule has 1 aliphatic heterocycles. The van der Waals surface area contributed by atoms with Crippen LogP contribution in [0, 0.1) is 0 Å². The molecule has 6 heteroatoms. The number of hydrogen-bond donors (Lipinski definition) is 0. The lowest BCUT2D eigenvalue weighted by molar-refractivity contribution is 0.0675. The van der Waals surface area contributed by atoms with Crippen molar-refractivity contribution in [2.45, 2.75) is 32.0 Å². The van der Waals surface area contributed by atoms with Gasteiger partial charge in [0.2, 0.25) is 0 Å². The third-order valence-electron chi connectivity index (χ3n) is 4.85. The number of rotatable bonds is 8. The molecule has 1 atom stereocenters. The SMILES string of the molecule is O=C(c1cccc(OCC2CCCO2)c1)N(Cc1cccnc1)Cc1ccco1. The van der Waals surface area contributed by atoms with E-state index in [4.69, 9.17) is 13.9 Å². The first-order valence-corrected chi connectivity index (χ1v) is 9.83. The molecule has 0 saturated carbocycles. The number of amides is 1. The number of furan rings is 1. The molecule has 0 aliphatic carbocycles. The summed E-state index contributed by atoms with van der Waals surface area (Å²) in [4.78, 5) is 19.2. The highest BCUT2D eigenvalue weighted by atomic mass is 16.5. The molecule has 29 heavy (non-hydrogen) atoms. The summed E-state index contributed by atoms with van der Waals surface area (Å²) in [6.07, 6.45) is 7.32. The second-order valence-corrected chi connectivity index (χ2v) is 7.08. The Morgan fingerprint density at radius 2 is 2.14 bits per heavy atom. The average molecular weight is 392 g/mol. The Bertz CT molecular complexity index is 906. The first-order chi connectivity index (χ1) is 14.3. The summed E-state index contributed by atoms with van der Waals surface area (Å²) in [6, 6.07) is 14.8. The Morgan fingerprint density at radius 1 is 1.17 bits per heavy atom. The van der Waals surface area contributed by atoms with Crippen molar-refractivity contribution in [2.75, 3.05) is 13.2 Å². The number of nitrogens with zero attached hydrogens (tertiary/aromatic N) is 2. The van der Waals surface area contributed by atoms with Crippen molar-refractivity contribution >= 4 is 5.91 Å². The highest BCUT2D eigenvalue weighted by Gasteiger charge is 2.20. The predicted molar refractivity (Wildman–Crippen MR) is 107 cm³/mol. The first-order valence-electron chi connectivity index (χ1n) is 9.83. The summed E-state index contributed by atoms with van der Waals surface area (Å²) in [6.45, 7) is 2.11. The van der Waals surface area contributed by atoms with Gasteiger partial charge >= 0.3 is 0 Å². The molecule has 0 radical (unpaired) electrons. The molecule has 0 spiro atoms. The molecule has 1 amide bonds. The van der Waals surface area contributed by atoms with E-state index in [1.54, 1.807) is 35.7 Å². The fraction of sp³-hybridized carbons (Fsp3) is 0.304. The van der Waals surface area contributed by atoms with Gasteiger partial charge in [0.05, 0.1) is 18.9 Å². The van der Waals surface area contributed by atoms with E-state index in [2.05, 4.69) is 4.98 Å². The lowest BCUT2D eigenvalue weighted by Crippen LogP contribution is -2.30. The number of hydrogen-bond acceptors (Lipinski definition) is 5. The molecular formula is C23H24N2O4. The second kappa shape index (κ2) is 9.39. The van der Waals surface area contributed by atoms with Gasteiger partial charge in [0.1, 0.15) is 18.1 Å². The summed E-state index contributed by atoms with van der Waals surface area (Å²) in [5.41, 5.74) is 1.53. The van der Waals surface area contributed by atoms with E-state index >= 15 is 0 Å². The molecular weight excluding hydrogens is 368 g/mol. The molecule has 1 aromatic carbocycles. The Morgan fingerprint density at radius 3 is 2.90 bits per heavy atom. The van der Waals surface area contributed by atoms with Crippen molar-refractivity contribution in [1.29, 1.82) is 0 Å². The lowest BCUT2D eigenvalue weighted by Gasteiger charge is -2.22. The molecule has 3 heterocycles. The van der Waals surface area contributed by atoms with Gasteiger partial charge in [-0.1, -0.05) is 12.1 Å².